The molecular weight excluding hydrogens is 328 g/mol. The molecule has 2 aromatic rings. The third-order valence-corrected chi connectivity index (χ3v) is 5.99. The second-order valence-corrected chi connectivity index (χ2v) is 7.87. The number of benzene rings is 1. The van der Waals surface area contributed by atoms with Crippen LogP contribution >= 0.6 is 0 Å². The number of carbonyl (C=O) groups excluding carboxylic acids is 1. The van der Waals surface area contributed by atoms with Gasteiger partial charge in [0.05, 0.1) is 11.4 Å². The summed E-state index contributed by atoms with van der Waals surface area (Å²) < 4.78 is 27.2. The minimum absolute atomic E-state index is 0.00552. The first-order valence-corrected chi connectivity index (χ1v) is 9.52. The summed E-state index contributed by atoms with van der Waals surface area (Å²) in [6.07, 6.45) is 4.74. The average Bonchev–Trinajstić information content (AvgIpc) is 3.27. The molecule has 0 aliphatic carbocycles. The molecule has 1 atom stereocenters. The van der Waals surface area contributed by atoms with E-state index in [9.17, 15) is 13.2 Å². The summed E-state index contributed by atoms with van der Waals surface area (Å²) >= 11 is 0. The molecule has 24 heavy (non-hydrogen) atoms. The maximum Gasteiger partial charge on any atom is 0.242 e. The van der Waals surface area contributed by atoms with E-state index in [0.29, 0.717) is 25.1 Å². The molecule has 0 bridgehead atoms. The molecular formula is C16H20N4O3S. The van der Waals surface area contributed by atoms with Crippen molar-refractivity contribution in [3.05, 3.63) is 42.7 Å². The van der Waals surface area contributed by atoms with E-state index in [1.54, 1.807) is 29.9 Å². The van der Waals surface area contributed by atoms with Gasteiger partial charge in [0, 0.05) is 24.6 Å². The maximum absolute atomic E-state index is 12.5. The predicted molar refractivity (Wildman–Crippen MR) is 91.4 cm³/mol. The zero-order valence-corrected chi connectivity index (χ0v) is 14.2. The molecule has 0 saturated carbocycles. The van der Waals surface area contributed by atoms with Crippen LogP contribution in [0.25, 0.3) is 5.69 Å². The molecule has 1 aromatic heterocycles. The van der Waals surface area contributed by atoms with E-state index in [1.807, 2.05) is 24.4 Å². The van der Waals surface area contributed by atoms with Crippen LogP contribution in [0.2, 0.25) is 0 Å². The standard InChI is InChI=1S/C16H20N4O3S/c1-2-24(22,23)20-11-4-8-15(20)16(21)18-13-6-3-7-14(12-13)19-10-5-9-17-19/h3,5-7,9-10,12,15H,2,4,8,11H2,1H3,(H,18,21)/t15-/m0/s1. The van der Waals surface area contributed by atoms with Gasteiger partial charge in [0.1, 0.15) is 6.04 Å². The van der Waals surface area contributed by atoms with Crippen LogP contribution in [0.1, 0.15) is 19.8 Å². The second kappa shape index (κ2) is 6.74. The van der Waals surface area contributed by atoms with Crippen LogP contribution < -0.4 is 5.32 Å². The number of anilines is 1. The molecule has 2 heterocycles. The number of nitrogens with one attached hydrogen (secondary N) is 1. The Balaban J connectivity index is 1.76. The molecule has 3 rings (SSSR count). The molecule has 1 amide bonds. The molecule has 0 spiro atoms. The normalized spacial score (nSPS) is 18.6. The minimum Gasteiger partial charge on any atom is -0.325 e. The summed E-state index contributed by atoms with van der Waals surface area (Å²) in [6, 6.07) is 8.46. The van der Waals surface area contributed by atoms with Gasteiger partial charge in [-0.25, -0.2) is 13.1 Å². The first-order valence-electron chi connectivity index (χ1n) is 7.92. The molecule has 1 aliphatic rings. The molecule has 0 radical (unpaired) electrons. The molecule has 1 N–H and O–H groups in total. The van der Waals surface area contributed by atoms with Gasteiger partial charge in [0.15, 0.2) is 0 Å². The molecule has 8 heteroatoms. The van der Waals surface area contributed by atoms with Crippen molar-refractivity contribution in [2.45, 2.75) is 25.8 Å². The number of nitrogens with zero attached hydrogens (tertiary/aromatic N) is 3. The lowest BCUT2D eigenvalue weighted by atomic mass is 10.2. The number of hydrogen-bond donors (Lipinski definition) is 1. The minimum atomic E-state index is -3.37. The molecule has 1 saturated heterocycles. The quantitative estimate of drug-likeness (QED) is 0.890. The zero-order valence-electron chi connectivity index (χ0n) is 13.4. The van der Waals surface area contributed by atoms with Crippen molar-refractivity contribution in [2.24, 2.45) is 0 Å². The van der Waals surface area contributed by atoms with Crippen molar-refractivity contribution in [2.75, 3.05) is 17.6 Å². The van der Waals surface area contributed by atoms with Crippen LogP contribution in [0.5, 0.6) is 0 Å². The molecule has 1 fully saturated rings. The van der Waals surface area contributed by atoms with Crippen LogP contribution in [0, 0.1) is 0 Å². The van der Waals surface area contributed by atoms with Crippen molar-refractivity contribution in [1.29, 1.82) is 0 Å². The van der Waals surface area contributed by atoms with E-state index in [0.717, 1.165) is 5.69 Å². The van der Waals surface area contributed by atoms with Crippen LogP contribution in [0.3, 0.4) is 0 Å². The van der Waals surface area contributed by atoms with Crippen molar-refractivity contribution < 1.29 is 13.2 Å². The van der Waals surface area contributed by atoms with Crippen LogP contribution in [-0.4, -0.2) is 46.8 Å². The van der Waals surface area contributed by atoms with Crippen LogP contribution in [-0.2, 0) is 14.8 Å². The topological polar surface area (TPSA) is 84.3 Å². The lowest BCUT2D eigenvalue weighted by molar-refractivity contribution is -0.119. The lowest BCUT2D eigenvalue weighted by Gasteiger charge is -2.22. The summed E-state index contributed by atoms with van der Waals surface area (Å²) in [5.41, 5.74) is 1.44. The van der Waals surface area contributed by atoms with Crippen molar-refractivity contribution in [1.82, 2.24) is 14.1 Å². The summed E-state index contributed by atoms with van der Waals surface area (Å²) in [7, 11) is -3.37. The molecule has 1 aromatic carbocycles. The van der Waals surface area contributed by atoms with Gasteiger partial charge in [0.2, 0.25) is 15.9 Å². The third-order valence-electron chi connectivity index (χ3n) is 4.11. The van der Waals surface area contributed by atoms with Gasteiger partial charge in [-0.3, -0.25) is 4.79 Å². The molecule has 7 nitrogen and oxygen atoms in total. The van der Waals surface area contributed by atoms with Gasteiger partial charge >= 0.3 is 0 Å². The fourth-order valence-corrected chi connectivity index (χ4v) is 4.20. The van der Waals surface area contributed by atoms with Crippen molar-refractivity contribution in [3.8, 4) is 5.69 Å². The maximum atomic E-state index is 12.5. The van der Waals surface area contributed by atoms with Gasteiger partial charge in [-0.2, -0.15) is 9.40 Å². The smallest absolute Gasteiger partial charge is 0.242 e. The number of amides is 1. The highest BCUT2D eigenvalue weighted by molar-refractivity contribution is 7.89. The highest BCUT2D eigenvalue weighted by Gasteiger charge is 2.37. The Morgan fingerprint density at radius 3 is 2.92 bits per heavy atom. The van der Waals surface area contributed by atoms with Crippen molar-refractivity contribution >= 4 is 21.6 Å². The zero-order chi connectivity index (χ0) is 17.2. The molecule has 128 valence electrons. The Morgan fingerprint density at radius 2 is 2.21 bits per heavy atom. The number of aromatic nitrogens is 2. The Bertz CT molecular complexity index is 818. The van der Waals surface area contributed by atoms with E-state index in [1.165, 1.54) is 4.31 Å². The monoisotopic (exact) mass is 348 g/mol. The fourth-order valence-electron chi connectivity index (χ4n) is 2.87. The number of carbonyl (C=O) groups is 1. The molecule has 0 unspecified atom stereocenters. The summed E-state index contributed by atoms with van der Waals surface area (Å²) in [4.78, 5) is 12.5. The van der Waals surface area contributed by atoms with Gasteiger partial charge < -0.3 is 5.32 Å². The number of hydrogen-bond acceptors (Lipinski definition) is 4. The Kier molecular flexibility index (Phi) is 4.68. The van der Waals surface area contributed by atoms with E-state index in [-0.39, 0.29) is 11.7 Å². The van der Waals surface area contributed by atoms with E-state index < -0.39 is 16.1 Å². The highest BCUT2D eigenvalue weighted by Crippen LogP contribution is 2.23. The largest absolute Gasteiger partial charge is 0.325 e. The SMILES string of the molecule is CCS(=O)(=O)N1CCC[C@H]1C(=O)Nc1cccc(-n2cccn2)c1. The Morgan fingerprint density at radius 1 is 1.38 bits per heavy atom. The predicted octanol–water partition coefficient (Wildman–Crippen LogP) is 1.62. The van der Waals surface area contributed by atoms with Crippen LogP contribution in [0.4, 0.5) is 5.69 Å². The Hall–Kier alpha value is -2.19. The number of sulfonamides is 1. The van der Waals surface area contributed by atoms with E-state index >= 15 is 0 Å². The van der Waals surface area contributed by atoms with Crippen molar-refractivity contribution in [3.63, 3.8) is 0 Å². The van der Waals surface area contributed by atoms with E-state index in [2.05, 4.69) is 10.4 Å². The summed E-state index contributed by atoms with van der Waals surface area (Å²) in [6.45, 7) is 2.00. The van der Waals surface area contributed by atoms with Gasteiger partial charge in [0.25, 0.3) is 0 Å². The summed E-state index contributed by atoms with van der Waals surface area (Å²) in [5.74, 6) is -0.284. The lowest BCUT2D eigenvalue weighted by Crippen LogP contribution is -2.43. The highest BCUT2D eigenvalue weighted by atomic mass is 32.2. The van der Waals surface area contributed by atoms with E-state index in [4.69, 9.17) is 0 Å². The van der Waals surface area contributed by atoms with Gasteiger partial charge in [-0.1, -0.05) is 6.07 Å². The summed E-state index contributed by atoms with van der Waals surface area (Å²) in [5, 5.41) is 6.98. The van der Waals surface area contributed by atoms with Gasteiger partial charge in [-0.05, 0) is 44.0 Å². The average molecular weight is 348 g/mol. The third kappa shape index (κ3) is 3.34. The number of rotatable bonds is 5. The Labute approximate surface area is 141 Å². The molecule has 1 aliphatic heterocycles. The first kappa shape index (κ1) is 16.7. The first-order chi connectivity index (χ1) is 11.5. The second-order valence-electron chi connectivity index (χ2n) is 5.66. The van der Waals surface area contributed by atoms with Crippen LogP contribution in [0.15, 0.2) is 42.7 Å². The fraction of sp³-hybridized carbons (Fsp3) is 0.375. The van der Waals surface area contributed by atoms with Gasteiger partial charge in [-0.15, -0.1) is 0 Å².